The SMILES string of the molecule is COCCCCCNC(=O)c1ccc(Br)c(N)c1. The van der Waals surface area contributed by atoms with Crippen molar-refractivity contribution >= 4 is 27.5 Å². The van der Waals surface area contributed by atoms with Gasteiger partial charge in [0.15, 0.2) is 0 Å². The van der Waals surface area contributed by atoms with Crippen LogP contribution in [0.15, 0.2) is 22.7 Å². The number of benzene rings is 1. The van der Waals surface area contributed by atoms with E-state index < -0.39 is 0 Å². The predicted octanol–water partition coefficient (Wildman–Crippen LogP) is 2.58. The number of halogens is 1. The zero-order valence-corrected chi connectivity index (χ0v) is 12.1. The standard InChI is InChI=1S/C13H19BrN2O2/c1-18-8-4-2-3-7-16-13(17)10-5-6-11(14)12(15)9-10/h5-6,9H,2-4,7-8,15H2,1H3,(H,16,17). The van der Waals surface area contributed by atoms with Gasteiger partial charge in [0.05, 0.1) is 0 Å². The number of carbonyl (C=O) groups excluding carboxylic acids is 1. The number of methoxy groups -OCH3 is 1. The largest absolute Gasteiger partial charge is 0.398 e. The van der Waals surface area contributed by atoms with Gasteiger partial charge in [0.25, 0.3) is 5.91 Å². The fourth-order valence-corrected chi connectivity index (χ4v) is 1.78. The molecule has 1 aromatic carbocycles. The van der Waals surface area contributed by atoms with E-state index in [1.54, 1.807) is 25.3 Å². The number of ether oxygens (including phenoxy) is 1. The minimum atomic E-state index is -0.0825. The summed E-state index contributed by atoms with van der Waals surface area (Å²) in [5.41, 5.74) is 6.89. The van der Waals surface area contributed by atoms with Crippen LogP contribution in [0.2, 0.25) is 0 Å². The van der Waals surface area contributed by atoms with Gasteiger partial charge >= 0.3 is 0 Å². The summed E-state index contributed by atoms with van der Waals surface area (Å²) in [6, 6.07) is 5.20. The van der Waals surface area contributed by atoms with Crippen molar-refractivity contribution in [3.8, 4) is 0 Å². The Morgan fingerprint density at radius 3 is 2.83 bits per heavy atom. The Balaban J connectivity index is 2.30. The number of carbonyl (C=O) groups is 1. The molecular formula is C13H19BrN2O2. The molecule has 0 aliphatic rings. The zero-order valence-electron chi connectivity index (χ0n) is 10.5. The van der Waals surface area contributed by atoms with Crippen molar-refractivity contribution in [3.05, 3.63) is 28.2 Å². The highest BCUT2D eigenvalue weighted by Gasteiger charge is 2.06. The first-order valence-electron chi connectivity index (χ1n) is 5.97. The van der Waals surface area contributed by atoms with Crippen LogP contribution in [0.25, 0.3) is 0 Å². The molecule has 0 saturated heterocycles. The molecule has 0 bridgehead atoms. The molecule has 0 unspecified atom stereocenters. The van der Waals surface area contributed by atoms with Crippen molar-refractivity contribution in [2.24, 2.45) is 0 Å². The Labute approximate surface area is 116 Å². The lowest BCUT2D eigenvalue weighted by molar-refractivity contribution is 0.0952. The Kier molecular flexibility index (Phi) is 6.75. The molecular weight excluding hydrogens is 296 g/mol. The van der Waals surface area contributed by atoms with Gasteiger partial charge in [-0.25, -0.2) is 0 Å². The number of amides is 1. The molecule has 0 fully saturated rings. The quantitative estimate of drug-likeness (QED) is 0.600. The van der Waals surface area contributed by atoms with Crippen LogP contribution in [0.4, 0.5) is 5.69 Å². The molecule has 0 atom stereocenters. The van der Waals surface area contributed by atoms with E-state index in [0.717, 1.165) is 30.3 Å². The summed E-state index contributed by atoms with van der Waals surface area (Å²) in [7, 11) is 1.69. The molecule has 0 heterocycles. The Hall–Kier alpha value is -1.07. The average Bonchev–Trinajstić information content (AvgIpc) is 2.36. The van der Waals surface area contributed by atoms with E-state index >= 15 is 0 Å². The fourth-order valence-electron chi connectivity index (χ4n) is 1.54. The van der Waals surface area contributed by atoms with Crippen LogP contribution in [0.3, 0.4) is 0 Å². The highest BCUT2D eigenvalue weighted by molar-refractivity contribution is 9.10. The monoisotopic (exact) mass is 314 g/mol. The molecule has 0 aromatic heterocycles. The summed E-state index contributed by atoms with van der Waals surface area (Å²) < 4.78 is 5.76. The second-order valence-corrected chi connectivity index (χ2v) is 4.90. The molecule has 5 heteroatoms. The average molecular weight is 315 g/mol. The first-order chi connectivity index (χ1) is 8.65. The fraction of sp³-hybridized carbons (Fsp3) is 0.462. The second kappa shape index (κ2) is 8.11. The topological polar surface area (TPSA) is 64.3 Å². The summed E-state index contributed by atoms with van der Waals surface area (Å²) in [5, 5.41) is 2.87. The first-order valence-corrected chi connectivity index (χ1v) is 6.76. The van der Waals surface area contributed by atoms with Gasteiger partial charge in [0.1, 0.15) is 0 Å². The van der Waals surface area contributed by atoms with E-state index in [-0.39, 0.29) is 5.91 Å². The van der Waals surface area contributed by atoms with Crippen LogP contribution in [-0.4, -0.2) is 26.2 Å². The Bertz CT molecular complexity index is 397. The van der Waals surface area contributed by atoms with E-state index in [1.165, 1.54) is 0 Å². The van der Waals surface area contributed by atoms with Gasteiger partial charge in [0.2, 0.25) is 0 Å². The van der Waals surface area contributed by atoms with E-state index in [1.807, 2.05) is 0 Å². The van der Waals surface area contributed by atoms with Crippen molar-refractivity contribution in [1.29, 1.82) is 0 Å². The van der Waals surface area contributed by atoms with Gasteiger partial charge in [-0.05, 0) is 53.4 Å². The van der Waals surface area contributed by atoms with Crippen molar-refractivity contribution in [2.45, 2.75) is 19.3 Å². The summed E-state index contributed by atoms with van der Waals surface area (Å²) in [5.74, 6) is -0.0825. The third kappa shape index (κ3) is 5.06. The van der Waals surface area contributed by atoms with E-state index in [2.05, 4.69) is 21.2 Å². The van der Waals surface area contributed by atoms with Gasteiger partial charge in [-0.1, -0.05) is 0 Å². The Morgan fingerprint density at radius 1 is 1.39 bits per heavy atom. The maximum atomic E-state index is 11.8. The molecule has 1 aromatic rings. The van der Waals surface area contributed by atoms with E-state index in [4.69, 9.17) is 10.5 Å². The molecule has 4 nitrogen and oxygen atoms in total. The highest BCUT2D eigenvalue weighted by atomic mass is 79.9. The van der Waals surface area contributed by atoms with Crippen molar-refractivity contribution in [3.63, 3.8) is 0 Å². The summed E-state index contributed by atoms with van der Waals surface area (Å²) in [6.45, 7) is 1.45. The second-order valence-electron chi connectivity index (χ2n) is 4.05. The van der Waals surface area contributed by atoms with Gasteiger partial charge in [-0.2, -0.15) is 0 Å². The maximum absolute atomic E-state index is 11.8. The number of nitrogens with two attached hydrogens (primary N) is 1. The molecule has 0 aliphatic carbocycles. The number of anilines is 1. The number of unbranched alkanes of at least 4 members (excludes halogenated alkanes) is 2. The number of hydrogen-bond acceptors (Lipinski definition) is 3. The van der Waals surface area contributed by atoms with Crippen LogP contribution >= 0.6 is 15.9 Å². The summed E-state index contributed by atoms with van der Waals surface area (Å²) >= 11 is 3.30. The van der Waals surface area contributed by atoms with Crippen LogP contribution in [0, 0.1) is 0 Å². The minimum Gasteiger partial charge on any atom is -0.398 e. The van der Waals surface area contributed by atoms with Crippen molar-refractivity contribution in [1.82, 2.24) is 5.32 Å². The zero-order chi connectivity index (χ0) is 13.4. The molecule has 0 spiro atoms. The number of nitrogens with one attached hydrogen (secondary N) is 1. The summed E-state index contributed by atoms with van der Waals surface area (Å²) in [6.07, 6.45) is 3.04. The van der Waals surface area contributed by atoms with Crippen LogP contribution in [-0.2, 0) is 4.74 Å². The molecule has 18 heavy (non-hydrogen) atoms. The third-order valence-electron chi connectivity index (χ3n) is 2.57. The highest BCUT2D eigenvalue weighted by Crippen LogP contribution is 2.20. The van der Waals surface area contributed by atoms with Gasteiger partial charge in [-0.15, -0.1) is 0 Å². The van der Waals surface area contributed by atoms with Gasteiger partial charge in [-0.3, -0.25) is 4.79 Å². The number of rotatable bonds is 7. The first kappa shape index (κ1) is 15.0. The molecule has 100 valence electrons. The minimum absolute atomic E-state index is 0.0825. The molecule has 0 aliphatic heterocycles. The van der Waals surface area contributed by atoms with Crippen molar-refractivity contribution in [2.75, 3.05) is 26.0 Å². The van der Waals surface area contributed by atoms with Crippen molar-refractivity contribution < 1.29 is 9.53 Å². The van der Waals surface area contributed by atoms with E-state index in [0.29, 0.717) is 17.8 Å². The third-order valence-corrected chi connectivity index (χ3v) is 3.29. The maximum Gasteiger partial charge on any atom is 0.251 e. The lowest BCUT2D eigenvalue weighted by atomic mass is 10.2. The molecule has 1 rings (SSSR count). The lowest BCUT2D eigenvalue weighted by Crippen LogP contribution is -2.24. The number of hydrogen-bond donors (Lipinski definition) is 2. The normalized spacial score (nSPS) is 10.3. The van der Waals surface area contributed by atoms with E-state index in [9.17, 15) is 4.79 Å². The number of nitrogen functional groups attached to an aromatic ring is 1. The van der Waals surface area contributed by atoms with Crippen LogP contribution in [0.1, 0.15) is 29.6 Å². The molecule has 1 amide bonds. The predicted molar refractivity (Wildman–Crippen MR) is 76.6 cm³/mol. The van der Waals surface area contributed by atoms with Gasteiger partial charge < -0.3 is 15.8 Å². The molecule has 0 saturated carbocycles. The molecule has 3 N–H and O–H groups in total. The van der Waals surface area contributed by atoms with Crippen LogP contribution < -0.4 is 11.1 Å². The smallest absolute Gasteiger partial charge is 0.251 e. The molecule has 0 radical (unpaired) electrons. The lowest BCUT2D eigenvalue weighted by Gasteiger charge is -2.06. The van der Waals surface area contributed by atoms with Crippen LogP contribution in [0.5, 0.6) is 0 Å². The van der Waals surface area contributed by atoms with Gasteiger partial charge in [0, 0.05) is 36.0 Å². The summed E-state index contributed by atoms with van der Waals surface area (Å²) in [4.78, 5) is 11.8. The Morgan fingerprint density at radius 2 is 2.17 bits per heavy atom.